The Morgan fingerprint density at radius 2 is 2.11 bits per heavy atom. The molecule has 2 fully saturated rings. The van der Waals surface area contributed by atoms with Crippen LogP contribution in [0.1, 0.15) is 42.7 Å². The summed E-state index contributed by atoms with van der Waals surface area (Å²) in [6, 6.07) is 10.4. The highest BCUT2D eigenvalue weighted by molar-refractivity contribution is 5.70. The minimum atomic E-state index is 0.275. The van der Waals surface area contributed by atoms with Gasteiger partial charge in [0, 0.05) is 18.2 Å². The van der Waals surface area contributed by atoms with Gasteiger partial charge in [-0.05, 0) is 74.4 Å². The number of hydrogen-bond donors (Lipinski definition) is 2. The van der Waals surface area contributed by atoms with Crippen molar-refractivity contribution in [1.29, 1.82) is 5.26 Å². The molecule has 1 aliphatic carbocycles. The maximum absolute atomic E-state index is 10.4. The molecule has 4 rings (SSSR count). The number of likely N-dealkylation sites (tertiary alicyclic amines) is 1. The second kappa shape index (κ2) is 7.53. The fourth-order valence-corrected chi connectivity index (χ4v) is 3.87. The van der Waals surface area contributed by atoms with Crippen LogP contribution < -0.4 is 5.32 Å². The summed E-state index contributed by atoms with van der Waals surface area (Å²) in [5.74, 6) is 1.63. The molecule has 2 heterocycles. The summed E-state index contributed by atoms with van der Waals surface area (Å²) in [7, 11) is 0. The van der Waals surface area contributed by atoms with E-state index in [1.165, 1.54) is 18.4 Å². The fourth-order valence-electron chi connectivity index (χ4n) is 3.87. The van der Waals surface area contributed by atoms with Crippen molar-refractivity contribution in [3.8, 4) is 23.1 Å². The highest BCUT2D eigenvalue weighted by Gasteiger charge is 2.25. The summed E-state index contributed by atoms with van der Waals surface area (Å²) < 4.78 is 0. The number of anilines is 1. The van der Waals surface area contributed by atoms with Crippen LogP contribution in [-0.4, -0.2) is 45.9 Å². The van der Waals surface area contributed by atoms with Crippen molar-refractivity contribution in [2.45, 2.75) is 44.6 Å². The maximum Gasteiger partial charge on any atom is 0.149 e. The van der Waals surface area contributed by atoms with Gasteiger partial charge in [-0.25, -0.2) is 0 Å². The first-order valence-corrected chi connectivity index (χ1v) is 9.67. The zero-order valence-electron chi connectivity index (χ0n) is 15.6. The molecule has 1 atom stereocenters. The first-order valence-electron chi connectivity index (χ1n) is 9.67. The van der Waals surface area contributed by atoms with E-state index in [4.69, 9.17) is 5.26 Å². The lowest BCUT2D eigenvalue weighted by Gasteiger charge is -2.31. The van der Waals surface area contributed by atoms with Gasteiger partial charge in [-0.3, -0.25) is 4.90 Å². The van der Waals surface area contributed by atoms with Crippen molar-refractivity contribution in [3.63, 3.8) is 0 Å². The van der Waals surface area contributed by atoms with E-state index < -0.39 is 0 Å². The van der Waals surface area contributed by atoms with Crippen molar-refractivity contribution in [1.82, 2.24) is 15.1 Å². The smallest absolute Gasteiger partial charge is 0.149 e. The quantitative estimate of drug-likeness (QED) is 0.792. The number of aromatic nitrogens is 2. The van der Waals surface area contributed by atoms with Crippen LogP contribution in [0.5, 0.6) is 5.75 Å². The Morgan fingerprint density at radius 3 is 2.81 bits per heavy atom. The summed E-state index contributed by atoms with van der Waals surface area (Å²) in [5.41, 5.74) is 3.63. The van der Waals surface area contributed by atoms with E-state index in [-0.39, 0.29) is 11.8 Å². The highest BCUT2D eigenvalue weighted by atomic mass is 16.3. The molecule has 6 heteroatoms. The molecule has 1 aromatic heterocycles. The number of nitrogens with zero attached hydrogens (tertiary/aromatic N) is 4. The van der Waals surface area contributed by atoms with Gasteiger partial charge in [0.05, 0.1) is 18.3 Å². The van der Waals surface area contributed by atoms with Crippen LogP contribution in [-0.2, 0) is 0 Å². The molecule has 1 saturated carbocycles. The zero-order valence-corrected chi connectivity index (χ0v) is 15.6. The van der Waals surface area contributed by atoms with E-state index in [1.807, 2.05) is 25.1 Å². The number of nitriles is 1. The van der Waals surface area contributed by atoms with Crippen LogP contribution in [0.3, 0.4) is 0 Å². The van der Waals surface area contributed by atoms with Crippen molar-refractivity contribution in [2.24, 2.45) is 0 Å². The molecule has 0 radical (unpaired) electrons. The van der Waals surface area contributed by atoms with Gasteiger partial charge in [0.1, 0.15) is 11.6 Å². The van der Waals surface area contributed by atoms with Crippen LogP contribution in [0.4, 0.5) is 5.82 Å². The Hall–Kier alpha value is -2.65. The lowest BCUT2D eigenvalue weighted by Crippen LogP contribution is -2.42. The second-order valence-electron chi connectivity index (χ2n) is 7.69. The van der Waals surface area contributed by atoms with E-state index in [0.717, 1.165) is 48.6 Å². The third kappa shape index (κ3) is 4.04. The van der Waals surface area contributed by atoms with Crippen LogP contribution in [0.2, 0.25) is 0 Å². The molecule has 140 valence electrons. The predicted molar refractivity (Wildman–Crippen MR) is 105 cm³/mol. The van der Waals surface area contributed by atoms with Crippen molar-refractivity contribution < 1.29 is 5.11 Å². The minimum absolute atomic E-state index is 0.275. The molecule has 6 nitrogen and oxygen atoms in total. The van der Waals surface area contributed by atoms with Crippen LogP contribution in [0, 0.1) is 18.3 Å². The van der Waals surface area contributed by atoms with E-state index in [1.54, 1.807) is 0 Å². The summed E-state index contributed by atoms with van der Waals surface area (Å²) in [6.45, 7) is 4.29. The molecule has 1 aromatic carbocycles. The molecule has 1 aliphatic heterocycles. The molecule has 0 bridgehead atoms. The molecule has 0 spiro atoms. The normalized spacial score (nSPS) is 20.2. The molecule has 2 aliphatic rings. The third-order valence-corrected chi connectivity index (χ3v) is 5.46. The summed E-state index contributed by atoms with van der Waals surface area (Å²) in [6.07, 6.45) is 4.56. The molecule has 1 saturated heterocycles. The van der Waals surface area contributed by atoms with Gasteiger partial charge in [0.15, 0.2) is 0 Å². The molecule has 2 N–H and O–H groups in total. The lowest BCUT2D eigenvalue weighted by molar-refractivity contribution is 0.239. The Kier molecular flexibility index (Phi) is 4.95. The molecular formula is C21H25N5O. The van der Waals surface area contributed by atoms with Gasteiger partial charge in [-0.2, -0.15) is 5.26 Å². The fraction of sp³-hybridized carbons (Fsp3) is 0.476. The average Bonchev–Trinajstić information content (AvgIpc) is 3.48. The topological polar surface area (TPSA) is 85.1 Å². The summed E-state index contributed by atoms with van der Waals surface area (Å²) in [4.78, 5) is 2.16. The first-order chi connectivity index (χ1) is 13.1. The minimum Gasteiger partial charge on any atom is -0.507 e. The number of benzene rings is 1. The van der Waals surface area contributed by atoms with Gasteiger partial charge in [-0.15, -0.1) is 10.2 Å². The summed E-state index contributed by atoms with van der Waals surface area (Å²) in [5, 5.41) is 31.5. The van der Waals surface area contributed by atoms with Gasteiger partial charge >= 0.3 is 0 Å². The SMILES string of the molecule is Cc1cc(NC2CCCN(CC#N)C2)nnc1-c1ccc(C2CC2)cc1O. The van der Waals surface area contributed by atoms with E-state index >= 15 is 0 Å². The Bertz CT molecular complexity index is 871. The molecule has 2 aromatic rings. The highest BCUT2D eigenvalue weighted by Crippen LogP contribution is 2.42. The van der Waals surface area contributed by atoms with Crippen molar-refractivity contribution in [3.05, 3.63) is 35.4 Å². The van der Waals surface area contributed by atoms with Gasteiger partial charge in [0.25, 0.3) is 0 Å². The van der Waals surface area contributed by atoms with Crippen LogP contribution in [0.15, 0.2) is 24.3 Å². The second-order valence-corrected chi connectivity index (χ2v) is 7.69. The molecule has 27 heavy (non-hydrogen) atoms. The molecular weight excluding hydrogens is 338 g/mol. The van der Waals surface area contributed by atoms with Gasteiger partial charge in [0.2, 0.25) is 0 Å². The molecule has 0 amide bonds. The Morgan fingerprint density at radius 1 is 1.26 bits per heavy atom. The maximum atomic E-state index is 10.4. The van der Waals surface area contributed by atoms with Crippen LogP contribution in [0.25, 0.3) is 11.3 Å². The number of aromatic hydroxyl groups is 1. The van der Waals surface area contributed by atoms with Gasteiger partial charge < -0.3 is 10.4 Å². The van der Waals surface area contributed by atoms with E-state index in [0.29, 0.717) is 12.5 Å². The third-order valence-electron chi connectivity index (χ3n) is 5.46. The number of rotatable bonds is 5. The predicted octanol–water partition coefficient (Wildman–Crippen LogP) is 3.43. The zero-order chi connectivity index (χ0) is 18.8. The largest absolute Gasteiger partial charge is 0.507 e. The average molecular weight is 363 g/mol. The van der Waals surface area contributed by atoms with Crippen molar-refractivity contribution in [2.75, 3.05) is 25.0 Å². The number of phenolic OH excluding ortho intramolecular Hbond substituents is 1. The first kappa shape index (κ1) is 17.7. The number of nitrogens with one attached hydrogen (secondary N) is 1. The number of phenols is 1. The standard InChI is InChI=1S/C21H25N5O/c1-14-11-20(23-17-3-2-9-26(13-17)10-8-22)24-25-21(14)18-7-6-16(12-19(18)27)15-4-5-15/h6-7,11-12,15,17,27H,2-5,9-10,13H2,1H3,(H,23,24). The van der Waals surface area contributed by atoms with Crippen LogP contribution >= 0.6 is 0 Å². The number of piperidine rings is 1. The Balaban J connectivity index is 1.48. The van der Waals surface area contributed by atoms with E-state index in [9.17, 15) is 5.11 Å². The summed E-state index contributed by atoms with van der Waals surface area (Å²) >= 11 is 0. The van der Waals surface area contributed by atoms with Crippen molar-refractivity contribution >= 4 is 5.82 Å². The monoisotopic (exact) mass is 363 g/mol. The number of hydrogen-bond acceptors (Lipinski definition) is 6. The van der Waals surface area contributed by atoms with Gasteiger partial charge in [-0.1, -0.05) is 6.07 Å². The molecule has 1 unspecified atom stereocenters. The van der Waals surface area contributed by atoms with E-state index in [2.05, 4.69) is 32.5 Å². The number of aryl methyl sites for hydroxylation is 1. The Labute approximate surface area is 159 Å². The lowest BCUT2D eigenvalue weighted by atomic mass is 10.0.